The van der Waals surface area contributed by atoms with Crippen molar-refractivity contribution in [1.82, 2.24) is 4.98 Å². The summed E-state index contributed by atoms with van der Waals surface area (Å²) in [6, 6.07) is 0. The van der Waals surface area contributed by atoms with Crippen LogP contribution in [0.2, 0.25) is 0 Å². The summed E-state index contributed by atoms with van der Waals surface area (Å²) in [6.45, 7) is 6.67. The van der Waals surface area contributed by atoms with Crippen LogP contribution in [-0.4, -0.2) is 10.9 Å². The largest absolute Gasteiger partial charge is 0.326 e. The molecule has 1 saturated carbocycles. The Balaban J connectivity index is 2.28. The predicted molar refractivity (Wildman–Crippen MR) is 70.2 cm³/mol. The van der Waals surface area contributed by atoms with Crippen LogP contribution in [0.1, 0.15) is 61.5 Å². The van der Waals surface area contributed by atoms with Crippen LogP contribution >= 0.6 is 11.3 Å². The van der Waals surface area contributed by atoms with E-state index in [1.165, 1.54) is 11.3 Å². The highest BCUT2D eigenvalue weighted by molar-refractivity contribution is 7.11. The van der Waals surface area contributed by atoms with Gasteiger partial charge in [-0.3, -0.25) is 0 Å². The lowest BCUT2D eigenvalue weighted by Gasteiger charge is -2.17. The molecule has 1 aromatic rings. The number of nitrogens with two attached hydrogens (primary N) is 1. The third-order valence-electron chi connectivity index (χ3n) is 3.36. The van der Waals surface area contributed by atoms with Crippen molar-refractivity contribution in [3.05, 3.63) is 15.6 Å². The zero-order valence-corrected chi connectivity index (χ0v) is 11.9. The van der Waals surface area contributed by atoms with Crippen LogP contribution < -0.4 is 5.73 Å². The molecule has 2 N–H and O–H groups in total. The summed E-state index contributed by atoms with van der Waals surface area (Å²) in [5.74, 6) is -2.60. The average molecular weight is 274 g/mol. The second kappa shape index (κ2) is 4.53. The summed E-state index contributed by atoms with van der Waals surface area (Å²) in [5, 5.41) is 0.845. The van der Waals surface area contributed by atoms with Gasteiger partial charge < -0.3 is 5.73 Å². The van der Waals surface area contributed by atoms with E-state index in [1.807, 2.05) is 0 Å². The van der Waals surface area contributed by atoms with Crippen LogP contribution in [0.5, 0.6) is 0 Å². The Bertz CT molecular complexity index is 435. The van der Waals surface area contributed by atoms with E-state index in [4.69, 9.17) is 5.73 Å². The molecule has 2 rings (SSSR count). The van der Waals surface area contributed by atoms with Crippen molar-refractivity contribution < 1.29 is 8.78 Å². The van der Waals surface area contributed by atoms with Gasteiger partial charge in [0.25, 0.3) is 0 Å². The van der Waals surface area contributed by atoms with Crippen LogP contribution in [0.3, 0.4) is 0 Å². The fraction of sp³-hybridized carbons (Fsp3) is 0.769. The molecule has 5 heteroatoms. The average Bonchev–Trinajstić information content (AvgIpc) is 2.79. The standard InChI is InChI=1S/C13H20F2N2S/c1-12(2,3)10-9(7-16)18-11(17-10)8-4-5-13(14,15)6-8/h8H,4-7,16H2,1-3H3. The van der Waals surface area contributed by atoms with Crippen molar-refractivity contribution >= 4 is 11.3 Å². The van der Waals surface area contributed by atoms with Crippen molar-refractivity contribution in [3.63, 3.8) is 0 Å². The SMILES string of the molecule is CC(C)(C)c1nc(C2CCC(F)(F)C2)sc1CN. The van der Waals surface area contributed by atoms with E-state index in [2.05, 4.69) is 25.8 Å². The van der Waals surface area contributed by atoms with Crippen LogP contribution in [-0.2, 0) is 12.0 Å². The molecule has 0 spiro atoms. The van der Waals surface area contributed by atoms with E-state index in [0.717, 1.165) is 15.6 Å². The lowest BCUT2D eigenvalue weighted by atomic mass is 9.91. The summed E-state index contributed by atoms with van der Waals surface area (Å²) in [5.41, 5.74) is 6.63. The molecule has 1 unspecified atom stereocenters. The molecule has 18 heavy (non-hydrogen) atoms. The number of halogens is 2. The number of aromatic nitrogens is 1. The number of hydrogen-bond acceptors (Lipinski definition) is 3. The number of rotatable bonds is 2. The molecule has 1 atom stereocenters. The van der Waals surface area contributed by atoms with E-state index in [9.17, 15) is 8.78 Å². The van der Waals surface area contributed by atoms with E-state index in [-0.39, 0.29) is 24.2 Å². The second-order valence-electron chi connectivity index (χ2n) is 6.07. The highest BCUT2D eigenvalue weighted by Crippen LogP contribution is 2.46. The van der Waals surface area contributed by atoms with E-state index in [0.29, 0.717) is 13.0 Å². The van der Waals surface area contributed by atoms with Crippen molar-refractivity contribution in [2.75, 3.05) is 0 Å². The minimum absolute atomic E-state index is 0.0138. The summed E-state index contributed by atoms with van der Waals surface area (Å²) in [4.78, 5) is 5.64. The van der Waals surface area contributed by atoms with Crippen LogP contribution in [0.15, 0.2) is 0 Å². The lowest BCUT2D eigenvalue weighted by molar-refractivity contribution is 0.00776. The number of hydrogen-bond donors (Lipinski definition) is 1. The van der Waals surface area contributed by atoms with Gasteiger partial charge in [-0.1, -0.05) is 20.8 Å². The monoisotopic (exact) mass is 274 g/mol. The molecule has 1 aliphatic carbocycles. The zero-order chi connectivity index (χ0) is 13.6. The summed E-state index contributed by atoms with van der Waals surface area (Å²) in [7, 11) is 0. The first-order chi connectivity index (χ1) is 8.23. The zero-order valence-electron chi connectivity index (χ0n) is 11.1. The molecule has 1 heterocycles. The minimum Gasteiger partial charge on any atom is -0.326 e. The van der Waals surface area contributed by atoms with Crippen molar-refractivity contribution in [3.8, 4) is 0 Å². The molecule has 0 saturated heterocycles. The molecule has 0 aromatic carbocycles. The van der Waals surface area contributed by atoms with Crippen LogP contribution in [0.4, 0.5) is 8.78 Å². The normalized spacial score (nSPS) is 23.6. The highest BCUT2D eigenvalue weighted by Gasteiger charge is 2.41. The Hall–Kier alpha value is -0.550. The summed E-state index contributed by atoms with van der Waals surface area (Å²) in [6.07, 6.45) is 0.461. The quantitative estimate of drug-likeness (QED) is 0.891. The third-order valence-corrected chi connectivity index (χ3v) is 4.60. The Morgan fingerprint density at radius 1 is 1.44 bits per heavy atom. The van der Waals surface area contributed by atoms with Gasteiger partial charge in [0, 0.05) is 35.6 Å². The van der Waals surface area contributed by atoms with Gasteiger partial charge in [0.15, 0.2) is 0 Å². The number of alkyl halides is 2. The Labute approximate surface area is 111 Å². The predicted octanol–water partition coefficient (Wildman–Crippen LogP) is 3.80. The summed E-state index contributed by atoms with van der Waals surface area (Å²) < 4.78 is 26.5. The molecule has 1 aromatic heterocycles. The van der Waals surface area contributed by atoms with Crippen LogP contribution in [0, 0.1) is 0 Å². The maximum absolute atomic E-state index is 13.3. The molecule has 1 aliphatic rings. The molecule has 0 amide bonds. The first-order valence-corrected chi connectivity index (χ1v) is 7.12. The molecule has 0 bridgehead atoms. The fourth-order valence-electron chi connectivity index (χ4n) is 2.43. The van der Waals surface area contributed by atoms with E-state index in [1.54, 1.807) is 0 Å². The molecule has 1 fully saturated rings. The fourth-order valence-corrected chi connectivity index (χ4v) is 3.72. The molecular formula is C13H20F2N2S. The van der Waals surface area contributed by atoms with Crippen molar-refractivity contribution in [1.29, 1.82) is 0 Å². The van der Waals surface area contributed by atoms with Crippen molar-refractivity contribution in [2.45, 2.75) is 63.8 Å². The number of nitrogens with zero attached hydrogens (tertiary/aromatic N) is 1. The van der Waals surface area contributed by atoms with Gasteiger partial charge in [0.05, 0.1) is 10.7 Å². The second-order valence-corrected chi connectivity index (χ2v) is 7.19. The Morgan fingerprint density at radius 2 is 2.11 bits per heavy atom. The van der Waals surface area contributed by atoms with Crippen LogP contribution in [0.25, 0.3) is 0 Å². The van der Waals surface area contributed by atoms with Gasteiger partial charge in [-0.15, -0.1) is 11.3 Å². The lowest BCUT2D eigenvalue weighted by Crippen LogP contribution is -2.15. The number of thiazole rings is 1. The highest BCUT2D eigenvalue weighted by atomic mass is 32.1. The van der Waals surface area contributed by atoms with Gasteiger partial charge in [-0.2, -0.15) is 0 Å². The Kier molecular flexibility index (Phi) is 3.49. The topological polar surface area (TPSA) is 38.9 Å². The third kappa shape index (κ3) is 2.72. The molecule has 2 nitrogen and oxygen atoms in total. The molecule has 0 radical (unpaired) electrons. The van der Waals surface area contributed by atoms with Gasteiger partial charge in [0.1, 0.15) is 0 Å². The van der Waals surface area contributed by atoms with Gasteiger partial charge in [-0.05, 0) is 6.42 Å². The smallest absolute Gasteiger partial charge is 0.248 e. The van der Waals surface area contributed by atoms with Gasteiger partial charge in [0.2, 0.25) is 5.92 Å². The van der Waals surface area contributed by atoms with Gasteiger partial charge >= 0.3 is 0 Å². The maximum Gasteiger partial charge on any atom is 0.248 e. The first-order valence-electron chi connectivity index (χ1n) is 6.31. The minimum atomic E-state index is -2.51. The molecular weight excluding hydrogens is 254 g/mol. The first kappa shape index (κ1) is 13.9. The molecule has 0 aliphatic heterocycles. The van der Waals surface area contributed by atoms with E-state index >= 15 is 0 Å². The van der Waals surface area contributed by atoms with E-state index < -0.39 is 5.92 Å². The van der Waals surface area contributed by atoms with Gasteiger partial charge in [-0.25, -0.2) is 13.8 Å². The summed E-state index contributed by atoms with van der Waals surface area (Å²) >= 11 is 1.51. The Morgan fingerprint density at radius 3 is 2.50 bits per heavy atom. The maximum atomic E-state index is 13.3. The van der Waals surface area contributed by atoms with Crippen molar-refractivity contribution in [2.24, 2.45) is 5.73 Å². The molecule has 102 valence electrons.